The Hall–Kier alpha value is -1.28. The number of hydrogen-bond acceptors (Lipinski definition) is 6. The predicted molar refractivity (Wildman–Crippen MR) is 73.2 cm³/mol. The zero-order chi connectivity index (χ0) is 14.2. The van der Waals surface area contributed by atoms with E-state index in [2.05, 4.69) is 5.10 Å². The Kier molecular flexibility index (Phi) is 3.73. The number of nitrogen functional groups attached to an aromatic ring is 1. The quantitative estimate of drug-likeness (QED) is 0.859. The first-order valence-electron chi connectivity index (χ1n) is 6.23. The minimum Gasteiger partial charge on any atom is -0.383 e. The van der Waals surface area contributed by atoms with E-state index in [9.17, 15) is 8.42 Å². The van der Waals surface area contributed by atoms with E-state index in [4.69, 9.17) is 10.5 Å². The normalized spacial score (nSPS) is 17.2. The molecule has 1 fully saturated rings. The van der Waals surface area contributed by atoms with Gasteiger partial charge in [-0.1, -0.05) is 0 Å². The topological polar surface area (TPSA) is 90.5 Å². The van der Waals surface area contributed by atoms with Crippen molar-refractivity contribution in [3.05, 3.63) is 0 Å². The van der Waals surface area contributed by atoms with Gasteiger partial charge in [0.15, 0.2) is 20.6 Å². The third kappa shape index (κ3) is 2.69. The van der Waals surface area contributed by atoms with Crippen LogP contribution in [0, 0.1) is 0 Å². The number of nitrogens with zero attached hydrogens (tertiary/aromatic N) is 3. The van der Waals surface area contributed by atoms with Gasteiger partial charge >= 0.3 is 0 Å². The summed E-state index contributed by atoms with van der Waals surface area (Å²) in [7, 11) is -3.42. The molecular formula is C11H20N4O3S. The Morgan fingerprint density at radius 3 is 2.37 bits per heavy atom. The Labute approximate surface area is 113 Å². The van der Waals surface area contributed by atoms with E-state index in [0.29, 0.717) is 32.1 Å². The Balaban J connectivity index is 2.55. The molecule has 1 aromatic heterocycles. The van der Waals surface area contributed by atoms with Gasteiger partial charge in [0.1, 0.15) is 5.82 Å². The second-order valence-electron chi connectivity index (χ2n) is 4.95. The van der Waals surface area contributed by atoms with Crippen LogP contribution in [0.25, 0.3) is 0 Å². The summed E-state index contributed by atoms with van der Waals surface area (Å²) >= 11 is 0. The fourth-order valence-electron chi connectivity index (χ4n) is 2.15. The van der Waals surface area contributed by atoms with E-state index >= 15 is 0 Å². The number of rotatable bonds is 3. The van der Waals surface area contributed by atoms with Crippen molar-refractivity contribution in [1.82, 2.24) is 9.78 Å². The molecular weight excluding hydrogens is 268 g/mol. The van der Waals surface area contributed by atoms with Crippen LogP contribution in [0.15, 0.2) is 4.90 Å². The summed E-state index contributed by atoms with van der Waals surface area (Å²) < 4.78 is 30.8. The van der Waals surface area contributed by atoms with E-state index in [1.165, 1.54) is 0 Å². The van der Waals surface area contributed by atoms with Crippen LogP contribution in [0.5, 0.6) is 0 Å². The van der Waals surface area contributed by atoms with Crippen LogP contribution < -0.4 is 10.6 Å². The second-order valence-corrected chi connectivity index (χ2v) is 6.90. The van der Waals surface area contributed by atoms with Crippen LogP contribution in [0.2, 0.25) is 0 Å². The van der Waals surface area contributed by atoms with E-state index in [-0.39, 0.29) is 16.8 Å². The zero-order valence-electron chi connectivity index (χ0n) is 11.5. The minimum absolute atomic E-state index is 0.00953. The van der Waals surface area contributed by atoms with Crippen molar-refractivity contribution < 1.29 is 13.2 Å². The SMILES string of the molecule is CC(C)n1nc(N2CCOCC2)c(S(C)(=O)=O)c1N. The highest BCUT2D eigenvalue weighted by Crippen LogP contribution is 2.32. The maximum absolute atomic E-state index is 12.0. The van der Waals surface area contributed by atoms with E-state index in [1.807, 2.05) is 18.7 Å². The first kappa shape index (κ1) is 14.1. The summed E-state index contributed by atoms with van der Waals surface area (Å²) in [6, 6.07) is 0.00953. The fraction of sp³-hybridized carbons (Fsp3) is 0.727. The Morgan fingerprint density at radius 2 is 1.89 bits per heavy atom. The van der Waals surface area contributed by atoms with E-state index < -0.39 is 9.84 Å². The summed E-state index contributed by atoms with van der Waals surface area (Å²) in [6.45, 7) is 6.21. The van der Waals surface area contributed by atoms with Gasteiger partial charge in [-0.15, -0.1) is 0 Å². The third-order valence-corrected chi connectivity index (χ3v) is 4.19. The lowest BCUT2D eigenvalue weighted by Crippen LogP contribution is -2.37. The summed E-state index contributed by atoms with van der Waals surface area (Å²) in [5.74, 6) is 0.649. The molecule has 2 N–H and O–H groups in total. The molecule has 1 aliphatic rings. The van der Waals surface area contributed by atoms with Crippen molar-refractivity contribution in [3.63, 3.8) is 0 Å². The monoisotopic (exact) mass is 288 g/mol. The lowest BCUT2D eigenvalue weighted by molar-refractivity contribution is 0.122. The summed E-state index contributed by atoms with van der Waals surface area (Å²) in [6.07, 6.45) is 1.16. The minimum atomic E-state index is -3.42. The van der Waals surface area contributed by atoms with Crippen molar-refractivity contribution in [2.24, 2.45) is 0 Å². The molecule has 1 saturated heterocycles. The summed E-state index contributed by atoms with van der Waals surface area (Å²) in [5, 5.41) is 4.38. The molecule has 0 atom stereocenters. The number of hydrogen-bond donors (Lipinski definition) is 1. The molecule has 0 saturated carbocycles. The standard InChI is InChI=1S/C11H20N4O3S/c1-8(2)15-10(12)9(19(3,16)17)11(13-15)14-4-6-18-7-5-14/h8H,4-7,12H2,1-3H3. The third-order valence-electron chi connectivity index (χ3n) is 3.06. The molecule has 1 aliphatic heterocycles. The molecule has 0 aromatic carbocycles. The number of ether oxygens (including phenoxy) is 1. The first-order chi connectivity index (χ1) is 8.82. The average Bonchev–Trinajstić information content (AvgIpc) is 2.68. The van der Waals surface area contributed by atoms with Crippen LogP contribution in [-0.4, -0.2) is 50.8 Å². The predicted octanol–water partition coefficient (Wildman–Crippen LogP) is 0.286. The first-order valence-corrected chi connectivity index (χ1v) is 8.12. The molecule has 2 rings (SSSR count). The highest BCUT2D eigenvalue weighted by molar-refractivity contribution is 7.91. The van der Waals surface area contributed by atoms with E-state index in [1.54, 1.807) is 4.68 Å². The van der Waals surface area contributed by atoms with Crippen molar-refractivity contribution in [1.29, 1.82) is 0 Å². The van der Waals surface area contributed by atoms with Crippen molar-refractivity contribution in [3.8, 4) is 0 Å². The molecule has 1 aromatic rings. The second kappa shape index (κ2) is 5.01. The van der Waals surface area contributed by atoms with Crippen molar-refractivity contribution in [2.45, 2.75) is 24.8 Å². The maximum atomic E-state index is 12.0. The molecule has 0 bridgehead atoms. The van der Waals surface area contributed by atoms with E-state index in [0.717, 1.165) is 6.26 Å². The molecule has 0 unspecified atom stereocenters. The van der Waals surface area contributed by atoms with Gasteiger partial charge in [-0.2, -0.15) is 5.10 Å². The molecule has 108 valence electrons. The van der Waals surface area contributed by atoms with Gasteiger partial charge in [-0.05, 0) is 13.8 Å². The number of nitrogens with two attached hydrogens (primary N) is 1. The number of sulfone groups is 1. The Bertz CT molecular complexity index is 559. The molecule has 2 heterocycles. The lowest BCUT2D eigenvalue weighted by Gasteiger charge is -2.27. The molecule has 0 spiro atoms. The van der Waals surface area contributed by atoms with Gasteiger partial charge in [0.05, 0.1) is 13.2 Å². The summed E-state index contributed by atoms with van der Waals surface area (Å²) in [5.41, 5.74) is 5.96. The average molecular weight is 288 g/mol. The van der Waals surface area contributed by atoms with Gasteiger partial charge in [-0.25, -0.2) is 13.1 Å². The van der Waals surface area contributed by atoms with Gasteiger partial charge in [0.25, 0.3) is 0 Å². The zero-order valence-corrected chi connectivity index (χ0v) is 12.3. The number of aromatic nitrogens is 2. The molecule has 0 aliphatic carbocycles. The van der Waals surface area contributed by atoms with Crippen LogP contribution in [0.3, 0.4) is 0 Å². The smallest absolute Gasteiger partial charge is 0.182 e. The van der Waals surface area contributed by atoms with Crippen molar-refractivity contribution >= 4 is 21.5 Å². The molecule has 19 heavy (non-hydrogen) atoms. The van der Waals surface area contributed by atoms with Gasteiger partial charge in [0.2, 0.25) is 0 Å². The molecule has 8 heteroatoms. The molecule has 0 amide bonds. The van der Waals surface area contributed by atoms with Crippen LogP contribution in [0.1, 0.15) is 19.9 Å². The van der Waals surface area contributed by atoms with Crippen molar-refractivity contribution in [2.75, 3.05) is 43.2 Å². The highest BCUT2D eigenvalue weighted by Gasteiger charge is 2.29. The highest BCUT2D eigenvalue weighted by atomic mass is 32.2. The lowest BCUT2D eigenvalue weighted by atomic mass is 10.4. The van der Waals surface area contributed by atoms with Gasteiger partial charge < -0.3 is 15.4 Å². The van der Waals surface area contributed by atoms with Gasteiger partial charge in [0, 0.05) is 25.4 Å². The summed E-state index contributed by atoms with van der Waals surface area (Å²) in [4.78, 5) is 2.04. The molecule has 7 nitrogen and oxygen atoms in total. The van der Waals surface area contributed by atoms with Crippen LogP contribution in [-0.2, 0) is 14.6 Å². The van der Waals surface area contributed by atoms with Crippen LogP contribution in [0.4, 0.5) is 11.6 Å². The Morgan fingerprint density at radius 1 is 1.32 bits per heavy atom. The van der Waals surface area contributed by atoms with Gasteiger partial charge in [-0.3, -0.25) is 0 Å². The molecule has 0 radical (unpaired) electrons. The fourth-order valence-corrected chi connectivity index (χ4v) is 3.13. The maximum Gasteiger partial charge on any atom is 0.182 e. The van der Waals surface area contributed by atoms with Crippen LogP contribution >= 0.6 is 0 Å². The number of anilines is 2. The number of morpholine rings is 1. The largest absolute Gasteiger partial charge is 0.383 e.